The number of hydrogen-bond acceptors (Lipinski definition) is 3. The van der Waals surface area contributed by atoms with Gasteiger partial charge in [0.25, 0.3) is 0 Å². The first kappa shape index (κ1) is 11.6. The fourth-order valence-corrected chi connectivity index (χ4v) is 2.43. The lowest BCUT2D eigenvalue weighted by Crippen LogP contribution is -2.04. The number of rotatable bonds is 2. The number of ether oxygens (including phenoxy) is 2. The van der Waals surface area contributed by atoms with Crippen LogP contribution in [0.1, 0.15) is 0 Å². The van der Waals surface area contributed by atoms with Crippen molar-refractivity contribution in [3.63, 3.8) is 0 Å². The average Bonchev–Trinajstić information content (AvgIpc) is 2.44. The molecule has 96 valence electrons. The van der Waals surface area contributed by atoms with E-state index < -0.39 is 0 Å². The second-order valence-corrected chi connectivity index (χ2v) is 4.22. The van der Waals surface area contributed by atoms with Crippen LogP contribution in [0.4, 0.5) is 0 Å². The predicted octanol–water partition coefficient (Wildman–Crippen LogP) is 2.70. The van der Waals surface area contributed by atoms with Crippen LogP contribution >= 0.6 is 0 Å². The molecular weight excluding hydrogens is 242 g/mol. The maximum absolute atomic E-state index is 11.5. The molecule has 0 spiro atoms. The van der Waals surface area contributed by atoms with E-state index in [1.54, 1.807) is 20.3 Å². The highest BCUT2D eigenvalue weighted by atomic mass is 16.5. The van der Waals surface area contributed by atoms with Crippen LogP contribution < -0.4 is 15.0 Å². The Hall–Kier alpha value is -2.49. The third kappa shape index (κ3) is 1.64. The van der Waals surface area contributed by atoms with Gasteiger partial charge in [0.05, 0.1) is 19.7 Å². The third-order valence-electron chi connectivity index (χ3n) is 3.22. The van der Waals surface area contributed by atoms with Gasteiger partial charge in [0.2, 0.25) is 5.56 Å². The largest absolute Gasteiger partial charge is 0.495 e. The number of pyridine rings is 1. The van der Waals surface area contributed by atoms with Crippen LogP contribution in [0, 0.1) is 0 Å². The van der Waals surface area contributed by atoms with Gasteiger partial charge in [-0.1, -0.05) is 24.3 Å². The highest BCUT2D eigenvalue weighted by molar-refractivity contribution is 6.09. The van der Waals surface area contributed by atoms with E-state index in [1.807, 2.05) is 24.3 Å². The summed E-state index contributed by atoms with van der Waals surface area (Å²) in [4.78, 5) is 14.4. The van der Waals surface area contributed by atoms with Gasteiger partial charge in [0.15, 0.2) is 5.75 Å². The van der Waals surface area contributed by atoms with Crippen molar-refractivity contribution in [1.82, 2.24) is 4.98 Å². The van der Waals surface area contributed by atoms with Crippen LogP contribution in [0.2, 0.25) is 0 Å². The number of benzene rings is 2. The first-order chi connectivity index (χ1) is 9.26. The molecule has 0 atom stereocenters. The Kier molecular flexibility index (Phi) is 2.63. The number of aromatic amines is 1. The van der Waals surface area contributed by atoms with E-state index in [9.17, 15) is 4.79 Å². The predicted molar refractivity (Wildman–Crippen MR) is 75.2 cm³/mol. The van der Waals surface area contributed by atoms with Crippen molar-refractivity contribution in [2.75, 3.05) is 14.2 Å². The molecule has 1 aromatic heterocycles. The van der Waals surface area contributed by atoms with Crippen molar-refractivity contribution in [2.45, 2.75) is 0 Å². The number of hydrogen-bond donors (Lipinski definition) is 1. The van der Waals surface area contributed by atoms with Gasteiger partial charge in [0, 0.05) is 22.2 Å². The molecule has 0 aliphatic heterocycles. The quantitative estimate of drug-likeness (QED) is 0.716. The van der Waals surface area contributed by atoms with Crippen molar-refractivity contribution in [1.29, 1.82) is 0 Å². The van der Waals surface area contributed by atoms with E-state index >= 15 is 0 Å². The maximum Gasteiger partial charge on any atom is 0.248 e. The van der Waals surface area contributed by atoms with E-state index in [-0.39, 0.29) is 5.56 Å². The Balaban J connectivity index is 2.64. The highest BCUT2D eigenvalue weighted by Gasteiger charge is 2.15. The van der Waals surface area contributed by atoms with Crippen molar-refractivity contribution in [3.05, 3.63) is 46.8 Å². The molecule has 4 heteroatoms. The van der Waals surface area contributed by atoms with Gasteiger partial charge >= 0.3 is 0 Å². The molecule has 0 radical (unpaired) electrons. The van der Waals surface area contributed by atoms with E-state index in [2.05, 4.69) is 4.98 Å². The Morgan fingerprint density at radius 3 is 2.11 bits per heavy atom. The fraction of sp³-hybridized carbons (Fsp3) is 0.133. The lowest BCUT2D eigenvalue weighted by Gasteiger charge is -2.14. The topological polar surface area (TPSA) is 51.3 Å². The SMILES string of the molecule is COc1c2ccccc2c(OC)c2[nH]c(=O)ccc12. The van der Waals surface area contributed by atoms with Crippen LogP contribution in [-0.2, 0) is 0 Å². The third-order valence-corrected chi connectivity index (χ3v) is 3.22. The molecular formula is C15H13NO3. The summed E-state index contributed by atoms with van der Waals surface area (Å²) >= 11 is 0. The van der Waals surface area contributed by atoms with Crippen LogP contribution in [0.3, 0.4) is 0 Å². The Bertz CT molecular complexity index is 821. The summed E-state index contributed by atoms with van der Waals surface area (Å²) in [5.74, 6) is 1.40. The van der Waals surface area contributed by atoms with Gasteiger partial charge < -0.3 is 14.5 Å². The molecule has 3 rings (SSSR count). The molecule has 1 heterocycles. The zero-order valence-electron chi connectivity index (χ0n) is 10.7. The molecule has 0 fully saturated rings. The number of methoxy groups -OCH3 is 2. The van der Waals surface area contributed by atoms with Gasteiger partial charge in [-0.15, -0.1) is 0 Å². The Labute approximate surface area is 109 Å². The van der Waals surface area contributed by atoms with E-state index in [0.29, 0.717) is 11.3 Å². The molecule has 0 unspecified atom stereocenters. The molecule has 0 saturated heterocycles. The molecule has 0 saturated carbocycles. The minimum absolute atomic E-state index is 0.164. The molecule has 2 aromatic carbocycles. The molecule has 3 aromatic rings. The molecule has 0 aliphatic rings. The standard InChI is InChI=1S/C15H13NO3/c1-18-14-9-5-3-4-6-10(9)15(19-2)13-11(14)7-8-12(17)16-13/h3-8H,1-2H3,(H,16,17). The summed E-state index contributed by atoms with van der Waals surface area (Å²) in [5, 5.41) is 2.70. The van der Waals surface area contributed by atoms with E-state index in [0.717, 1.165) is 21.9 Å². The lowest BCUT2D eigenvalue weighted by molar-refractivity contribution is 0.417. The van der Waals surface area contributed by atoms with E-state index in [1.165, 1.54) is 6.07 Å². The van der Waals surface area contributed by atoms with Crippen molar-refractivity contribution >= 4 is 21.7 Å². The second kappa shape index (κ2) is 4.31. The molecule has 1 N–H and O–H groups in total. The normalized spacial score (nSPS) is 10.8. The fourth-order valence-electron chi connectivity index (χ4n) is 2.43. The minimum Gasteiger partial charge on any atom is -0.495 e. The monoisotopic (exact) mass is 255 g/mol. The van der Waals surface area contributed by atoms with Crippen molar-refractivity contribution in [2.24, 2.45) is 0 Å². The summed E-state index contributed by atoms with van der Waals surface area (Å²) in [5.41, 5.74) is 0.494. The number of aromatic nitrogens is 1. The molecule has 0 bridgehead atoms. The van der Waals surface area contributed by atoms with Crippen LogP contribution in [0.5, 0.6) is 11.5 Å². The second-order valence-electron chi connectivity index (χ2n) is 4.22. The van der Waals surface area contributed by atoms with Crippen molar-refractivity contribution in [3.8, 4) is 11.5 Å². The summed E-state index contributed by atoms with van der Waals surface area (Å²) in [7, 11) is 3.22. The number of H-pyrrole nitrogens is 1. The van der Waals surface area contributed by atoms with Gasteiger partial charge in [-0.05, 0) is 6.07 Å². The molecule has 19 heavy (non-hydrogen) atoms. The zero-order valence-corrected chi connectivity index (χ0v) is 10.7. The van der Waals surface area contributed by atoms with Crippen LogP contribution in [0.25, 0.3) is 21.7 Å². The number of fused-ring (bicyclic) bond motifs is 2. The summed E-state index contributed by atoms with van der Waals surface area (Å²) < 4.78 is 11.0. The Morgan fingerprint density at radius 2 is 1.47 bits per heavy atom. The van der Waals surface area contributed by atoms with Gasteiger partial charge in [-0.2, -0.15) is 0 Å². The summed E-state index contributed by atoms with van der Waals surface area (Å²) in [6.45, 7) is 0. The summed E-state index contributed by atoms with van der Waals surface area (Å²) in [6.07, 6.45) is 0. The van der Waals surface area contributed by atoms with Gasteiger partial charge in [-0.25, -0.2) is 0 Å². The molecule has 0 aliphatic carbocycles. The first-order valence-electron chi connectivity index (χ1n) is 5.92. The van der Waals surface area contributed by atoms with Crippen LogP contribution in [0.15, 0.2) is 41.2 Å². The van der Waals surface area contributed by atoms with Gasteiger partial charge in [-0.3, -0.25) is 4.79 Å². The van der Waals surface area contributed by atoms with Gasteiger partial charge in [0.1, 0.15) is 5.75 Å². The first-order valence-corrected chi connectivity index (χ1v) is 5.92. The average molecular weight is 255 g/mol. The number of nitrogens with one attached hydrogen (secondary N) is 1. The molecule has 0 amide bonds. The smallest absolute Gasteiger partial charge is 0.248 e. The van der Waals surface area contributed by atoms with E-state index in [4.69, 9.17) is 9.47 Å². The lowest BCUT2D eigenvalue weighted by atomic mass is 10.0. The minimum atomic E-state index is -0.164. The highest BCUT2D eigenvalue weighted by Crippen LogP contribution is 2.40. The summed E-state index contributed by atoms with van der Waals surface area (Å²) in [6, 6.07) is 11.0. The molecule has 4 nitrogen and oxygen atoms in total. The zero-order chi connectivity index (χ0) is 13.4. The van der Waals surface area contributed by atoms with Crippen molar-refractivity contribution < 1.29 is 9.47 Å². The van der Waals surface area contributed by atoms with Crippen LogP contribution in [-0.4, -0.2) is 19.2 Å². The maximum atomic E-state index is 11.5. The Morgan fingerprint density at radius 1 is 0.842 bits per heavy atom.